The monoisotopic (exact) mass is 411 g/mol. The quantitative estimate of drug-likeness (QED) is 0.498. The van der Waals surface area contributed by atoms with E-state index in [-0.39, 0.29) is 22.6 Å². The Morgan fingerprint density at radius 3 is 2.10 bits per heavy atom. The maximum atomic E-state index is 12.6. The van der Waals surface area contributed by atoms with Crippen LogP contribution in [0.2, 0.25) is 0 Å². The number of nitrogens with zero attached hydrogens (tertiary/aromatic N) is 1. The summed E-state index contributed by atoms with van der Waals surface area (Å²) in [7, 11) is 0. The van der Waals surface area contributed by atoms with Crippen molar-refractivity contribution in [3.05, 3.63) is 107 Å². The Morgan fingerprint density at radius 1 is 0.774 bits per heavy atom. The minimum atomic E-state index is -0.648. The molecule has 0 saturated carbocycles. The molecule has 0 atom stereocenters. The highest BCUT2D eigenvalue weighted by atomic mass is 16.2. The van der Waals surface area contributed by atoms with Crippen LogP contribution in [-0.2, 0) is 4.79 Å². The molecule has 0 unspecified atom stereocenters. The molecule has 0 aliphatic carbocycles. The molecule has 1 heterocycles. The molecule has 0 bridgehead atoms. The van der Waals surface area contributed by atoms with Crippen LogP contribution < -0.4 is 10.7 Å². The van der Waals surface area contributed by atoms with Gasteiger partial charge >= 0.3 is 0 Å². The number of carbonyl (C=O) groups is 4. The SMILES string of the molecule is O=C(/C=C/c1ccccc1)Nc1cccc(C(=O)NN2C(=O)c3ccccc3C2=O)c1. The second-order valence-corrected chi connectivity index (χ2v) is 6.75. The molecule has 0 spiro atoms. The fraction of sp³-hybridized carbons (Fsp3) is 0. The molecule has 31 heavy (non-hydrogen) atoms. The number of imide groups is 1. The van der Waals surface area contributed by atoms with E-state index < -0.39 is 17.7 Å². The molecule has 2 N–H and O–H groups in total. The van der Waals surface area contributed by atoms with Crippen LogP contribution in [0.4, 0.5) is 5.69 Å². The summed E-state index contributed by atoms with van der Waals surface area (Å²) in [5, 5.41) is 3.37. The van der Waals surface area contributed by atoms with Gasteiger partial charge < -0.3 is 5.32 Å². The maximum absolute atomic E-state index is 12.6. The number of benzene rings is 3. The van der Waals surface area contributed by atoms with Crippen LogP contribution in [-0.4, -0.2) is 28.6 Å². The first-order valence-electron chi connectivity index (χ1n) is 9.46. The second kappa shape index (κ2) is 8.46. The van der Waals surface area contributed by atoms with Crippen LogP contribution in [0, 0.1) is 0 Å². The highest BCUT2D eigenvalue weighted by Crippen LogP contribution is 2.21. The Labute approximate surface area is 178 Å². The van der Waals surface area contributed by atoms with Crippen molar-refractivity contribution >= 4 is 35.4 Å². The molecular formula is C24H17N3O4. The summed E-state index contributed by atoms with van der Waals surface area (Å²) in [6, 6.07) is 21.9. The van der Waals surface area contributed by atoms with Gasteiger partial charge in [-0.15, -0.1) is 0 Å². The van der Waals surface area contributed by atoms with E-state index >= 15 is 0 Å². The van der Waals surface area contributed by atoms with Gasteiger partial charge in [-0.1, -0.05) is 48.5 Å². The largest absolute Gasteiger partial charge is 0.322 e. The van der Waals surface area contributed by atoms with Crippen LogP contribution in [0.25, 0.3) is 6.08 Å². The number of carbonyl (C=O) groups excluding carboxylic acids is 4. The summed E-state index contributed by atoms with van der Waals surface area (Å²) >= 11 is 0. The average molecular weight is 411 g/mol. The molecule has 4 amide bonds. The van der Waals surface area contributed by atoms with E-state index in [0.29, 0.717) is 10.7 Å². The van der Waals surface area contributed by atoms with E-state index in [4.69, 9.17) is 0 Å². The van der Waals surface area contributed by atoms with Crippen molar-refractivity contribution in [2.45, 2.75) is 0 Å². The van der Waals surface area contributed by atoms with Gasteiger partial charge in [0.2, 0.25) is 5.91 Å². The van der Waals surface area contributed by atoms with Gasteiger partial charge in [-0.2, -0.15) is 5.01 Å². The van der Waals surface area contributed by atoms with E-state index in [2.05, 4.69) is 10.7 Å². The Bertz CT molecular complexity index is 1180. The Balaban J connectivity index is 1.43. The molecule has 3 aromatic carbocycles. The highest BCUT2D eigenvalue weighted by Gasteiger charge is 2.36. The van der Waals surface area contributed by atoms with Crippen molar-refractivity contribution < 1.29 is 19.2 Å². The lowest BCUT2D eigenvalue weighted by atomic mass is 10.1. The van der Waals surface area contributed by atoms with E-state index in [1.54, 1.807) is 30.3 Å². The molecule has 4 rings (SSSR count). The van der Waals surface area contributed by atoms with E-state index in [1.165, 1.54) is 30.3 Å². The zero-order chi connectivity index (χ0) is 21.8. The zero-order valence-electron chi connectivity index (χ0n) is 16.2. The van der Waals surface area contributed by atoms with Crippen molar-refractivity contribution in [3.8, 4) is 0 Å². The predicted molar refractivity (Wildman–Crippen MR) is 115 cm³/mol. The zero-order valence-corrected chi connectivity index (χ0v) is 16.2. The van der Waals surface area contributed by atoms with Gasteiger partial charge in [0.05, 0.1) is 11.1 Å². The molecular weight excluding hydrogens is 394 g/mol. The van der Waals surface area contributed by atoms with Crippen LogP contribution in [0.5, 0.6) is 0 Å². The van der Waals surface area contributed by atoms with E-state index in [9.17, 15) is 19.2 Å². The number of nitrogens with one attached hydrogen (secondary N) is 2. The van der Waals surface area contributed by atoms with Gasteiger partial charge in [0.15, 0.2) is 0 Å². The van der Waals surface area contributed by atoms with Crippen LogP contribution >= 0.6 is 0 Å². The molecule has 0 radical (unpaired) electrons. The number of hydrogen-bond acceptors (Lipinski definition) is 4. The van der Waals surface area contributed by atoms with E-state index in [1.807, 2.05) is 30.3 Å². The normalized spacial score (nSPS) is 12.7. The lowest BCUT2D eigenvalue weighted by Crippen LogP contribution is -2.45. The smallest absolute Gasteiger partial charge is 0.280 e. The fourth-order valence-corrected chi connectivity index (χ4v) is 3.12. The minimum absolute atomic E-state index is 0.182. The van der Waals surface area contributed by atoms with Gasteiger partial charge in [0.1, 0.15) is 0 Å². The van der Waals surface area contributed by atoms with Gasteiger partial charge in [0.25, 0.3) is 17.7 Å². The number of hydrazine groups is 1. The molecule has 7 heteroatoms. The molecule has 3 aromatic rings. The summed E-state index contributed by atoms with van der Waals surface area (Å²) in [5.74, 6) is -2.19. The summed E-state index contributed by atoms with van der Waals surface area (Å²) in [4.78, 5) is 49.6. The van der Waals surface area contributed by atoms with Crippen molar-refractivity contribution in [2.24, 2.45) is 0 Å². The summed E-state index contributed by atoms with van der Waals surface area (Å²) < 4.78 is 0. The van der Waals surface area contributed by atoms with Crippen LogP contribution in [0.15, 0.2) is 84.9 Å². The number of amides is 4. The highest BCUT2D eigenvalue weighted by molar-refractivity contribution is 6.22. The predicted octanol–water partition coefficient (Wildman–Crippen LogP) is 3.28. The molecule has 0 aromatic heterocycles. The fourth-order valence-electron chi connectivity index (χ4n) is 3.12. The number of hydrogen-bond donors (Lipinski definition) is 2. The molecule has 0 saturated heterocycles. The van der Waals surface area contributed by atoms with Crippen LogP contribution in [0.3, 0.4) is 0 Å². The third-order valence-corrected chi connectivity index (χ3v) is 4.63. The van der Waals surface area contributed by atoms with Crippen molar-refractivity contribution in [1.82, 2.24) is 10.4 Å². The molecule has 1 aliphatic rings. The van der Waals surface area contributed by atoms with Gasteiger partial charge in [-0.05, 0) is 42.0 Å². The van der Waals surface area contributed by atoms with Crippen molar-refractivity contribution in [2.75, 3.05) is 5.32 Å². The maximum Gasteiger partial charge on any atom is 0.280 e. The first-order valence-corrected chi connectivity index (χ1v) is 9.46. The molecule has 0 fully saturated rings. The average Bonchev–Trinajstić information content (AvgIpc) is 3.03. The third kappa shape index (κ3) is 4.25. The lowest BCUT2D eigenvalue weighted by Gasteiger charge is -2.15. The molecule has 7 nitrogen and oxygen atoms in total. The minimum Gasteiger partial charge on any atom is -0.322 e. The Hall–Kier alpha value is -4.52. The third-order valence-electron chi connectivity index (χ3n) is 4.63. The lowest BCUT2D eigenvalue weighted by molar-refractivity contribution is -0.111. The number of rotatable bonds is 5. The van der Waals surface area contributed by atoms with Gasteiger partial charge in [-0.3, -0.25) is 24.6 Å². The summed E-state index contributed by atoms with van der Waals surface area (Å²) in [6.07, 6.45) is 3.06. The first-order chi connectivity index (χ1) is 15.0. The number of anilines is 1. The van der Waals surface area contributed by atoms with Crippen molar-refractivity contribution in [3.63, 3.8) is 0 Å². The van der Waals surface area contributed by atoms with Gasteiger partial charge in [-0.25, -0.2) is 0 Å². The Kier molecular flexibility index (Phi) is 5.40. The van der Waals surface area contributed by atoms with E-state index in [0.717, 1.165) is 5.56 Å². The van der Waals surface area contributed by atoms with Gasteiger partial charge in [0, 0.05) is 17.3 Å². The molecule has 1 aliphatic heterocycles. The molecule has 152 valence electrons. The second-order valence-electron chi connectivity index (χ2n) is 6.75. The topological polar surface area (TPSA) is 95.6 Å². The van der Waals surface area contributed by atoms with Crippen LogP contribution in [0.1, 0.15) is 36.6 Å². The first kappa shape index (κ1) is 19.8. The summed E-state index contributed by atoms with van der Waals surface area (Å²) in [6.45, 7) is 0. The van der Waals surface area contributed by atoms with Crippen molar-refractivity contribution in [1.29, 1.82) is 0 Å². The Morgan fingerprint density at radius 2 is 1.42 bits per heavy atom. The summed E-state index contributed by atoms with van der Waals surface area (Å²) in [5.41, 5.74) is 4.27. The standard InChI is InChI=1S/C24H17N3O4/c28-21(14-13-16-7-2-1-3-8-16)25-18-10-6-9-17(15-18)22(29)26-27-23(30)19-11-4-5-12-20(19)24(27)31/h1-15H,(H,25,28)(H,26,29)/b14-13+. The number of fused-ring (bicyclic) bond motifs is 1.